The highest BCUT2D eigenvalue weighted by molar-refractivity contribution is 4.71. The average molecular weight is 142 g/mol. The van der Waals surface area contributed by atoms with Gasteiger partial charge in [-0.3, -0.25) is 0 Å². The van der Waals surface area contributed by atoms with Crippen molar-refractivity contribution in [2.24, 2.45) is 5.92 Å². The highest BCUT2D eigenvalue weighted by Crippen LogP contribution is 2.32. The lowest BCUT2D eigenvalue weighted by Crippen LogP contribution is -1.68. The molecule has 1 aliphatic carbocycles. The summed E-state index contributed by atoms with van der Waals surface area (Å²) >= 11 is 0. The van der Waals surface area contributed by atoms with Gasteiger partial charge in [-0.2, -0.15) is 0 Å². The van der Waals surface area contributed by atoms with Crippen molar-refractivity contribution in [3.63, 3.8) is 0 Å². The molecular formula is C10H22. The van der Waals surface area contributed by atoms with Crippen LogP contribution < -0.4 is 0 Å². The van der Waals surface area contributed by atoms with Crippen molar-refractivity contribution in [2.45, 2.75) is 59.3 Å². The maximum Gasteiger partial charge on any atom is -0.0414 e. The van der Waals surface area contributed by atoms with Gasteiger partial charge in [0.1, 0.15) is 0 Å². The van der Waals surface area contributed by atoms with Crippen molar-refractivity contribution in [3.8, 4) is 0 Å². The highest BCUT2D eigenvalue weighted by atomic mass is 14.2. The molecule has 0 bridgehead atoms. The minimum atomic E-state index is 1.15. The van der Waals surface area contributed by atoms with Crippen LogP contribution in [-0.2, 0) is 0 Å². The van der Waals surface area contributed by atoms with Crippen LogP contribution in [0.1, 0.15) is 59.3 Å². The summed E-state index contributed by atoms with van der Waals surface area (Å²) in [5.41, 5.74) is 0. The Balaban J connectivity index is 0.000000180. The van der Waals surface area contributed by atoms with E-state index in [0.29, 0.717) is 0 Å². The molecule has 1 saturated carbocycles. The highest BCUT2D eigenvalue weighted by Gasteiger charge is 2.18. The maximum absolute atomic E-state index is 2.26. The van der Waals surface area contributed by atoms with Gasteiger partial charge in [-0.05, 0) is 5.92 Å². The second kappa shape index (κ2) is 7.11. The zero-order valence-corrected chi connectivity index (χ0v) is 7.82. The molecule has 0 aromatic rings. The molecule has 0 N–H and O–H groups in total. The van der Waals surface area contributed by atoms with Crippen LogP contribution in [0.25, 0.3) is 0 Å². The Kier molecular flexibility index (Phi) is 7.11. The van der Waals surface area contributed by atoms with Crippen molar-refractivity contribution in [1.82, 2.24) is 0 Å². The second-order valence-electron chi connectivity index (χ2n) is 3.23. The van der Waals surface area contributed by atoms with E-state index in [1.54, 1.807) is 0 Å². The predicted octanol–water partition coefficient (Wildman–Crippen LogP) is 4.00. The summed E-state index contributed by atoms with van der Waals surface area (Å²) in [5, 5.41) is 0. The fourth-order valence-electron chi connectivity index (χ4n) is 0.815. The van der Waals surface area contributed by atoms with Crippen LogP contribution in [-0.4, -0.2) is 0 Å². The first-order valence-corrected chi connectivity index (χ1v) is 4.85. The van der Waals surface area contributed by atoms with Gasteiger partial charge < -0.3 is 0 Å². The number of unbranched alkanes of at least 4 members (excludes halogenated alkanes) is 1. The summed E-state index contributed by atoms with van der Waals surface area (Å²) in [5.74, 6) is 1.15. The Labute approximate surface area is 66.0 Å². The summed E-state index contributed by atoms with van der Waals surface area (Å²) in [6.07, 6.45) is 8.56. The van der Waals surface area contributed by atoms with Crippen molar-refractivity contribution in [2.75, 3.05) is 0 Å². The van der Waals surface area contributed by atoms with Gasteiger partial charge in [0, 0.05) is 0 Å². The standard InChI is InChI=1S/C6H12.C4H10/c1-2-3-6-4-5-6;1-3-4-2/h6H,2-5H2,1H3;3-4H2,1-2H3. The van der Waals surface area contributed by atoms with Gasteiger partial charge in [-0.15, -0.1) is 0 Å². The summed E-state index contributed by atoms with van der Waals surface area (Å²) in [6.45, 7) is 6.62. The van der Waals surface area contributed by atoms with Crippen molar-refractivity contribution >= 4 is 0 Å². The van der Waals surface area contributed by atoms with E-state index >= 15 is 0 Å². The van der Waals surface area contributed by atoms with Crippen LogP contribution in [0.15, 0.2) is 0 Å². The minimum absolute atomic E-state index is 1.15. The van der Waals surface area contributed by atoms with E-state index < -0.39 is 0 Å². The second-order valence-corrected chi connectivity index (χ2v) is 3.23. The molecule has 0 aromatic carbocycles. The van der Waals surface area contributed by atoms with E-state index in [1.165, 1.54) is 38.5 Å². The zero-order chi connectivity index (χ0) is 7.82. The Bertz CT molecular complexity index is 51.1. The third-order valence-electron chi connectivity index (χ3n) is 1.89. The lowest BCUT2D eigenvalue weighted by atomic mass is 10.2. The lowest BCUT2D eigenvalue weighted by molar-refractivity contribution is 0.708. The van der Waals surface area contributed by atoms with Crippen LogP contribution in [0.2, 0.25) is 0 Å². The lowest BCUT2D eigenvalue weighted by Gasteiger charge is -1.82. The third-order valence-corrected chi connectivity index (χ3v) is 1.89. The quantitative estimate of drug-likeness (QED) is 0.558. The van der Waals surface area contributed by atoms with E-state index in [1.807, 2.05) is 0 Å². The number of hydrogen-bond donors (Lipinski definition) is 0. The Hall–Kier alpha value is 0. The minimum Gasteiger partial charge on any atom is -0.0654 e. The van der Waals surface area contributed by atoms with Crippen molar-refractivity contribution in [3.05, 3.63) is 0 Å². The molecule has 0 heteroatoms. The Morgan fingerprint density at radius 1 is 0.900 bits per heavy atom. The normalized spacial score (nSPS) is 15.9. The van der Waals surface area contributed by atoms with Crippen LogP contribution in [0, 0.1) is 5.92 Å². The van der Waals surface area contributed by atoms with Gasteiger partial charge in [0.15, 0.2) is 0 Å². The number of rotatable bonds is 3. The van der Waals surface area contributed by atoms with Gasteiger partial charge in [0.2, 0.25) is 0 Å². The maximum atomic E-state index is 2.26. The molecule has 0 heterocycles. The molecule has 1 rings (SSSR count). The van der Waals surface area contributed by atoms with E-state index in [2.05, 4.69) is 20.8 Å². The molecule has 0 atom stereocenters. The fraction of sp³-hybridized carbons (Fsp3) is 1.00. The van der Waals surface area contributed by atoms with Crippen LogP contribution in [0.5, 0.6) is 0 Å². The van der Waals surface area contributed by atoms with Crippen molar-refractivity contribution in [1.29, 1.82) is 0 Å². The molecule has 1 fully saturated rings. The SMILES string of the molecule is CCCC.CCCC1CC1. The van der Waals surface area contributed by atoms with E-state index in [9.17, 15) is 0 Å². The molecule has 1 aliphatic rings. The van der Waals surface area contributed by atoms with Crippen LogP contribution in [0.4, 0.5) is 0 Å². The molecule has 0 aromatic heterocycles. The summed E-state index contributed by atoms with van der Waals surface area (Å²) in [4.78, 5) is 0. The molecule has 0 spiro atoms. The smallest absolute Gasteiger partial charge is 0.0414 e. The first-order valence-electron chi connectivity index (χ1n) is 4.85. The van der Waals surface area contributed by atoms with Gasteiger partial charge in [0.25, 0.3) is 0 Å². The Morgan fingerprint density at radius 3 is 1.50 bits per heavy atom. The fourth-order valence-corrected chi connectivity index (χ4v) is 0.815. The van der Waals surface area contributed by atoms with E-state index in [0.717, 1.165) is 5.92 Å². The molecule has 62 valence electrons. The summed E-state index contributed by atoms with van der Waals surface area (Å²) in [6, 6.07) is 0. The van der Waals surface area contributed by atoms with Gasteiger partial charge in [-0.25, -0.2) is 0 Å². The van der Waals surface area contributed by atoms with Crippen molar-refractivity contribution < 1.29 is 0 Å². The molecule has 0 unspecified atom stereocenters. The van der Waals surface area contributed by atoms with Gasteiger partial charge in [-0.1, -0.05) is 59.3 Å². The molecule has 0 aliphatic heterocycles. The zero-order valence-electron chi connectivity index (χ0n) is 7.82. The van der Waals surface area contributed by atoms with Crippen LogP contribution >= 0.6 is 0 Å². The monoisotopic (exact) mass is 142 g/mol. The van der Waals surface area contributed by atoms with E-state index in [-0.39, 0.29) is 0 Å². The Morgan fingerprint density at radius 2 is 1.40 bits per heavy atom. The average Bonchev–Trinajstić information content (AvgIpc) is 2.74. The first kappa shape index (κ1) is 10.0. The largest absolute Gasteiger partial charge is 0.0654 e. The molecule has 0 radical (unpaired) electrons. The summed E-state index contributed by atoms with van der Waals surface area (Å²) < 4.78 is 0. The molecule has 0 amide bonds. The molecule has 0 nitrogen and oxygen atoms in total. The van der Waals surface area contributed by atoms with Gasteiger partial charge >= 0.3 is 0 Å². The molecule has 0 saturated heterocycles. The van der Waals surface area contributed by atoms with Crippen LogP contribution in [0.3, 0.4) is 0 Å². The number of hydrogen-bond acceptors (Lipinski definition) is 0. The van der Waals surface area contributed by atoms with E-state index in [4.69, 9.17) is 0 Å². The predicted molar refractivity (Wildman–Crippen MR) is 48.2 cm³/mol. The van der Waals surface area contributed by atoms with Gasteiger partial charge in [0.05, 0.1) is 0 Å². The third kappa shape index (κ3) is 8.00. The molecule has 10 heavy (non-hydrogen) atoms. The topological polar surface area (TPSA) is 0 Å². The first-order chi connectivity index (χ1) is 4.85. The summed E-state index contributed by atoms with van der Waals surface area (Å²) in [7, 11) is 0. The molecular weight excluding hydrogens is 120 g/mol.